The first-order valence-corrected chi connectivity index (χ1v) is 6.28. The van der Waals surface area contributed by atoms with Gasteiger partial charge in [0.15, 0.2) is 0 Å². The minimum Gasteiger partial charge on any atom is -0.481 e. The fourth-order valence-corrected chi connectivity index (χ4v) is 2.04. The van der Waals surface area contributed by atoms with Gasteiger partial charge in [0.2, 0.25) is 0 Å². The van der Waals surface area contributed by atoms with Gasteiger partial charge < -0.3 is 9.84 Å². The van der Waals surface area contributed by atoms with E-state index in [-0.39, 0.29) is 6.54 Å². The molecule has 0 aromatic heterocycles. The van der Waals surface area contributed by atoms with Crippen LogP contribution in [0, 0.1) is 17.8 Å². The van der Waals surface area contributed by atoms with Crippen molar-refractivity contribution in [2.24, 2.45) is 5.41 Å². The molecule has 0 bridgehead atoms. The van der Waals surface area contributed by atoms with E-state index in [0.29, 0.717) is 12.8 Å². The number of carboxylic acids is 1. The summed E-state index contributed by atoms with van der Waals surface area (Å²) in [5, 5.41) is 9.26. The Morgan fingerprint density at radius 3 is 2.47 bits per heavy atom. The average Bonchev–Trinajstić information content (AvgIpc) is 2.26. The van der Waals surface area contributed by atoms with Crippen LogP contribution >= 0.6 is 0 Å². The molecule has 0 aromatic carbocycles. The smallest absolute Gasteiger partial charge is 0.411 e. The summed E-state index contributed by atoms with van der Waals surface area (Å²) in [7, 11) is 0. The summed E-state index contributed by atoms with van der Waals surface area (Å²) in [6.07, 6.45) is 5.79. The maximum atomic E-state index is 12.1. The molecule has 106 valence electrons. The summed E-state index contributed by atoms with van der Waals surface area (Å²) >= 11 is 0. The molecule has 1 amide bonds. The Kier molecular flexibility index (Phi) is 4.14. The van der Waals surface area contributed by atoms with Crippen molar-refractivity contribution >= 4 is 12.1 Å². The second kappa shape index (κ2) is 5.12. The van der Waals surface area contributed by atoms with Gasteiger partial charge in [-0.25, -0.2) is 4.79 Å². The number of hydrogen-bond donors (Lipinski definition) is 1. The van der Waals surface area contributed by atoms with Crippen molar-refractivity contribution in [2.45, 2.75) is 52.2 Å². The van der Waals surface area contributed by atoms with Gasteiger partial charge in [0, 0.05) is 6.54 Å². The molecule has 1 aliphatic rings. The largest absolute Gasteiger partial charge is 0.481 e. The molecule has 0 radical (unpaired) electrons. The molecule has 19 heavy (non-hydrogen) atoms. The third kappa shape index (κ3) is 3.63. The highest BCUT2D eigenvalue weighted by atomic mass is 16.6. The zero-order valence-electron chi connectivity index (χ0n) is 11.9. The highest BCUT2D eigenvalue weighted by molar-refractivity contribution is 5.77. The number of ether oxygens (including phenoxy) is 1. The Morgan fingerprint density at radius 2 is 2.05 bits per heavy atom. The lowest BCUT2D eigenvalue weighted by Gasteiger charge is -2.41. The van der Waals surface area contributed by atoms with Gasteiger partial charge in [-0.15, -0.1) is 6.42 Å². The number of hydrogen-bond acceptors (Lipinski definition) is 3. The van der Waals surface area contributed by atoms with Gasteiger partial charge in [0.05, 0.1) is 11.5 Å². The lowest BCUT2D eigenvalue weighted by Crippen LogP contribution is -2.53. The standard InChI is InChI=1S/C14H21NO4/c1-6-10-7-8-14(5,11(16)17)9-15(10)12(18)19-13(2,3)4/h1,10H,7-9H2,2-5H3,(H,16,17). The molecule has 0 saturated carbocycles. The molecule has 2 unspecified atom stereocenters. The van der Waals surface area contributed by atoms with Gasteiger partial charge in [0.25, 0.3) is 0 Å². The average molecular weight is 267 g/mol. The number of amides is 1. The number of terminal acetylenes is 1. The van der Waals surface area contributed by atoms with Crippen molar-refractivity contribution in [3.63, 3.8) is 0 Å². The normalized spacial score (nSPS) is 27.5. The maximum absolute atomic E-state index is 12.1. The van der Waals surface area contributed by atoms with Crippen molar-refractivity contribution in [1.29, 1.82) is 0 Å². The van der Waals surface area contributed by atoms with E-state index in [1.165, 1.54) is 4.90 Å². The highest BCUT2D eigenvalue weighted by Crippen LogP contribution is 2.33. The number of carbonyl (C=O) groups excluding carboxylic acids is 1. The molecule has 1 aliphatic heterocycles. The minimum atomic E-state index is -0.968. The van der Waals surface area contributed by atoms with Gasteiger partial charge in [-0.1, -0.05) is 5.92 Å². The van der Waals surface area contributed by atoms with Crippen LogP contribution in [0.1, 0.15) is 40.5 Å². The molecule has 1 N–H and O–H groups in total. The van der Waals surface area contributed by atoms with E-state index < -0.39 is 29.1 Å². The lowest BCUT2D eigenvalue weighted by molar-refractivity contribution is -0.151. The Hall–Kier alpha value is -1.70. The fraction of sp³-hybridized carbons (Fsp3) is 0.714. The van der Waals surface area contributed by atoms with Crippen LogP contribution in [0.5, 0.6) is 0 Å². The zero-order chi connectivity index (χ0) is 14.8. The summed E-state index contributed by atoms with van der Waals surface area (Å²) in [4.78, 5) is 24.8. The summed E-state index contributed by atoms with van der Waals surface area (Å²) in [5.74, 6) is 1.61. The molecule has 5 heteroatoms. The van der Waals surface area contributed by atoms with Gasteiger partial charge in [-0.2, -0.15) is 0 Å². The second-order valence-corrected chi connectivity index (χ2v) is 6.20. The Bertz CT molecular complexity index is 418. The predicted molar refractivity (Wildman–Crippen MR) is 70.5 cm³/mol. The Balaban J connectivity index is 2.91. The van der Waals surface area contributed by atoms with Gasteiger partial charge in [-0.3, -0.25) is 9.69 Å². The van der Waals surface area contributed by atoms with Gasteiger partial charge >= 0.3 is 12.1 Å². The topological polar surface area (TPSA) is 66.8 Å². The highest BCUT2D eigenvalue weighted by Gasteiger charge is 2.44. The first-order chi connectivity index (χ1) is 8.59. The SMILES string of the molecule is C#CC1CCC(C)(C(=O)O)CN1C(=O)OC(C)(C)C. The van der Waals surface area contributed by atoms with Crippen LogP contribution in [0.2, 0.25) is 0 Å². The maximum Gasteiger partial charge on any atom is 0.411 e. The zero-order valence-corrected chi connectivity index (χ0v) is 11.9. The third-order valence-electron chi connectivity index (χ3n) is 3.20. The van der Waals surface area contributed by atoms with Crippen LogP contribution in [-0.4, -0.2) is 40.3 Å². The molecular formula is C14H21NO4. The van der Waals surface area contributed by atoms with Crippen LogP contribution in [-0.2, 0) is 9.53 Å². The van der Waals surface area contributed by atoms with Crippen molar-refractivity contribution in [3.8, 4) is 12.3 Å². The summed E-state index contributed by atoms with van der Waals surface area (Å²) in [6.45, 7) is 6.98. The van der Waals surface area contributed by atoms with Crippen LogP contribution in [0.25, 0.3) is 0 Å². The van der Waals surface area contributed by atoms with E-state index in [1.807, 2.05) is 0 Å². The molecule has 0 aromatic rings. The first kappa shape index (κ1) is 15.4. The second-order valence-electron chi connectivity index (χ2n) is 6.20. The van der Waals surface area contributed by atoms with Gasteiger partial charge in [0.1, 0.15) is 5.60 Å². The third-order valence-corrected chi connectivity index (χ3v) is 3.20. The number of piperidine rings is 1. The molecular weight excluding hydrogens is 246 g/mol. The fourth-order valence-electron chi connectivity index (χ4n) is 2.04. The molecule has 5 nitrogen and oxygen atoms in total. The lowest BCUT2D eigenvalue weighted by atomic mass is 9.79. The Labute approximate surface area is 113 Å². The quantitative estimate of drug-likeness (QED) is 0.739. The molecule has 2 atom stereocenters. The first-order valence-electron chi connectivity index (χ1n) is 6.28. The number of aliphatic carboxylic acids is 1. The molecule has 1 saturated heterocycles. The van der Waals surface area contributed by atoms with E-state index in [4.69, 9.17) is 11.2 Å². The summed E-state index contributed by atoms with van der Waals surface area (Å²) in [5.41, 5.74) is -1.60. The number of rotatable bonds is 1. The molecule has 1 fully saturated rings. The number of nitrogens with zero attached hydrogens (tertiary/aromatic N) is 1. The predicted octanol–water partition coefficient (Wildman–Crippen LogP) is 2.11. The summed E-state index contributed by atoms with van der Waals surface area (Å²) < 4.78 is 5.28. The van der Waals surface area contributed by atoms with Crippen LogP contribution in [0.15, 0.2) is 0 Å². The molecule has 0 spiro atoms. The van der Waals surface area contributed by atoms with Crippen molar-refractivity contribution in [3.05, 3.63) is 0 Å². The minimum absolute atomic E-state index is 0.0755. The van der Waals surface area contributed by atoms with E-state index in [2.05, 4.69) is 5.92 Å². The van der Waals surface area contributed by atoms with Crippen molar-refractivity contribution < 1.29 is 19.4 Å². The summed E-state index contributed by atoms with van der Waals surface area (Å²) in [6, 6.07) is -0.401. The van der Waals surface area contributed by atoms with Crippen LogP contribution in [0.3, 0.4) is 0 Å². The molecule has 0 aliphatic carbocycles. The van der Waals surface area contributed by atoms with E-state index >= 15 is 0 Å². The van der Waals surface area contributed by atoms with Crippen molar-refractivity contribution in [2.75, 3.05) is 6.54 Å². The Morgan fingerprint density at radius 1 is 1.47 bits per heavy atom. The molecule has 1 rings (SSSR count). The van der Waals surface area contributed by atoms with Crippen molar-refractivity contribution in [1.82, 2.24) is 4.90 Å². The number of carboxylic acid groups (broad SMARTS) is 1. The van der Waals surface area contributed by atoms with E-state index in [9.17, 15) is 14.7 Å². The van der Waals surface area contributed by atoms with E-state index in [1.54, 1.807) is 27.7 Å². The van der Waals surface area contributed by atoms with Crippen LogP contribution < -0.4 is 0 Å². The number of likely N-dealkylation sites (tertiary alicyclic amines) is 1. The molecule has 1 heterocycles. The van der Waals surface area contributed by atoms with Gasteiger partial charge in [-0.05, 0) is 40.5 Å². The van der Waals surface area contributed by atoms with E-state index in [0.717, 1.165) is 0 Å². The monoisotopic (exact) mass is 267 g/mol. The van der Waals surface area contributed by atoms with Crippen LogP contribution in [0.4, 0.5) is 4.79 Å². The number of carbonyl (C=O) groups is 2.